The second-order valence-corrected chi connectivity index (χ2v) is 3.37. The number of nitrogens with zero attached hydrogens (tertiary/aromatic N) is 1. The summed E-state index contributed by atoms with van der Waals surface area (Å²) in [5.74, 6) is -2.15. The summed E-state index contributed by atoms with van der Waals surface area (Å²) in [5, 5.41) is 15.0. The highest BCUT2D eigenvalue weighted by Gasteiger charge is 2.23. The van der Waals surface area contributed by atoms with Gasteiger partial charge < -0.3 is 16.0 Å². The minimum atomic E-state index is -0.916. The zero-order chi connectivity index (χ0) is 12.0. The molecule has 1 rings (SSSR count). The number of rotatable bonds is 4. The Morgan fingerprint density at radius 3 is 2.38 bits per heavy atom. The molecule has 0 aromatic rings. The zero-order valence-corrected chi connectivity index (χ0v) is 8.58. The molecule has 0 bridgehead atoms. The monoisotopic (exact) mass is 224 g/mol. The summed E-state index contributed by atoms with van der Waals surface area (Å²) in [4.78, 5) is 33.1. The molecule has 0 radical (unpaired) electrons. The second kappa shape index (κ2) is 5.70. The number of nitriles is 1. The lowest BCUT2D eigenvalue weighted by molar-refractivity contribution is -0.139. The average Bonchev–Trinajstić information content (AvgIpc) is 3.06. The van der Waals surface area contributed by atoms with Crippen LogP contribution in [0.5, 0.6) is 0 Å². The predicted molar refractivity (Wildman–Crippen MR) is 52.8 cm³/mol. The summed E-state index contributed by atoms with van der Waals surface area (Å²) in [6.45, 7) is -0.462. The molecule has 0 aromatic carbocycles. The zero-order valence-electron chi connectivity index (χ0n) is 8.58. The topological polar surface area (TPSA) is 111 Å². The van der Waals surface area contributed by atoms with Gasteiger partial charge >= 0.3 is 11.8 Å². The molecule has 0 aliphatic heterocycles. The van der Waals surface area contributed by atoms with Crippen LogP contribution in [0.4, 0.5) is 0 Å². The molecule has 3 amide bonds. The summed E-state index contributed by atoms with van der Waals surface area (Å²) in [6.07, 6.45) is 1.92. The third kappa shape index (κ3) is 4.41. The summed E-state index contributed by atoms with van der Waals surface area (Å²) in [7, 11) is 0. The van der Waals surface area contributed by atoms with Crippen molar-refractivity contribution in [3.63, 3.8) is 0 Å². The molecule has 1 aliphatic rings. The van der Waals surface area contributed by atoms with Crippen LogP contribution in [0.1, 0.15) is 12.8 Å². The standard InChI is InChI=1S/C9H12N4O3/c10-3-4-11-8(15)9(16)12-5-7(14)13-6-1-2-6/h6H,1-2,4-5H2,(H,11,15)(H,12,16)(H,13,14). The van der Waals surface area contributed by atoms with E-state index in [0.29, 0.717) is 0 Å². The number of amides is 3. The number of nitrogens with one attached hydrogen (secondary N) is 3. The third-order valence-electron chi connectivity index (χ3n) is 1.89. The Balaban J connectivity index is 2.15. The van der Waals surface area contributed by atoms with Gasteiger partial charge in [-0.2, -0.15) is 5.26 Å². The highest BCUT2D eigenvalue weighted by Crippen LogP contribution is 2.17. The van der Waals surface area contributed by atoms with Crippen molar-refractivity contribution in [2.24, 2.45) is 0 Å². The van der Waals surface area contributed by atoms with E-state index in [1.165, 1.54) is 0 Å². The van der Waals surface area contributed by atoms with Gasteiger partial charge in [-0.25, -0.2) is 0 Å². The second-order valence-electron chi connectivity index (χ2n) is 3.37. The highest BCUT2D eigenvalue weighted by atomic mass is 16.2. The maximum absolute atomic E-state index is 11.1. The SMILES string of the molecule is N#CCNC(=O)C(=O)NCC(=O)NC1CC1. The Bertz CT molecular complexity index is 343. The van der Waals surface area contributed by atoms with Crippen molar-refractivity contribution >= 4 is 17.7 Å². The van der Waals surface area contributed by atoms with Crippen molar-refractivity contribution < 1.29 is 14.4 Å². The average molecular weight is 224 g/mol. The van der Waals surface area contributed by atoms with Gasteiger partial charge in [0.25, 0.3) is 0 Å². The molecule has 3 N–H and O–H groups in total. The molecule has 86 valence electrons. The Kier molecular flexibility index (Phi) is 4.27. The molecule has 0 aromatic heterocycles. The lowest BCUT2D eigenvalue weighted by atomic mass is 10.4. The van der Waals surface area contributed by atoms with Crippen LogP contribution >= 0.6 is 0 Å². The van der Waals surface area contributed by atoms with Gasteiger partial charge in [0.2, 0.25) is 5.91 Å². The maximum atomic E-state index is 11.1. The molecule has 16 heavy (non-hydrogen) atoms. The van der Waals surface area contributed by atoms with E-state index in [4.69, 9.17) is 5.26 Å². The fourth-order valence-corrected chi connectivity index (χ4v) is 0.947. The van der Waals surface area contributed by atoms with E-state index >= 15 is 0 Å². The van der Waals surface area contributed by atoms with Gasteiger partial charge in [-0.15, -0.1) is 0 Å². The van der Waals surface area contributed by atoms with Crippen LogP contribution < -0.4 is 16.0 Å². The van der Waals surface area contributed by atoms with Crippen LogP contribution in [0.3, 0.4) is 0 Å². The van der Waals surface area contributed by atoms with E-state index in [1.807, 2.05) is 0 Å². The molecule has 0 saturated heterocycles. The lowest BCUT2D eigenvalue weighted by Crippen LogP contribution is -2.44. The molecular weight excluding hydrogens is 212 g/mol. The van der Waals surface area contributed by atoms with E-state index < -0.39 is 11.8 Å². The van der Waals surface area contributed by atoms with Crippen LogP contribution in [0.2, 0.25) is 0 Å². The summed E-state index contributed by atoms with van der Waals surface area (Å²) >= 11 is 0. The van der Waals surface area contributed by atoms with Crippen LogP contribution in [0, 0.1) is 11.3 Å². The van der Waals surface area contributed by atoms with Gasteiger partial charge in [0.05, 0.1) is 12.6 Å². The van der Waals surface area contributed by atoms with Gasteiger partial charge in [-0.05, 0) is 12.8 Å². The van der Waals surface area contributed by atoms with Gasteiger partial charge in [-0.3, -0.25) is 14.4 Å². The smallest absolute Gasteiger partial charge is 0.310 e. The normalized spacial score (nSPS) is 13.4. The fraction of sp³-hybridized carbons (Fsp3) is 0.556. The fourth-order valence-electron chi connectivity index (χ4n) is 0.947. The van der Waals surface area contributed by atoms with Crippen molar-refractivity contribution in [1.29, 1.82) is 5.26 Å². The van der Waals surface area contributed by atoms with Gasteiger partial charge in [0.1, 0.15) is 6.54 Å². The van der Waals surface area contributed by atoms with Crippen molar-refractivity contribution in [2.75, 3.05) is 13.1 Å². The number of carbonyl (C=O) groups excluding carboxylic acids is 3. The molecule has 0 unspecified atom stereocenters. The first kappa shape index (κ1) is 12.0. The third-order valence-corrected chi connectivity index (χ3v) is 1.89. The Morgan fingerprint density at radius 1 is 1.19 bits per heavy atom. The largest absolute Gasteiger partial charge is 0.352 e. The summed E-state index contributed by atoms with van der Waals surface area (Å²) < 4.78 is 0. The predicted octanol–water partition coefficient (Wildman–Crippen LogP) is -1.98. The molecule has 0 atom stereocenters. The van der Waals surface area contributed by atoms with Gasteiger partial charge in [-0.1, -0.05) is 0 Å². The van der Waals surface area contributed by atoms with E-state index in [2.05, 4.69) is 16.0 Å². The molecule has 0 spiro atoms. The molecule has 7 nitrogen and oxygen atoms in total. The first-order valence-electron chi connectivity index (χ1n) is 4.86. The van der Waals surface area contributed by atoms with E-state index in [-0.39, 0.29) is 25.0 Å². The van der Waals surface area contributed by atoms with Crippen LogP contribution in [0.25, 0.3) is 0 Å². The minimum absolute atomic E-state index is 0.219. The molecular formula is C9H12N4O3. The first-order valence-corrected chi connectivity index (χ1v) is 4.86. The molecule has 7 heteroatoms. The maximum Gasteiger partial charge on any atom is 0.310 e. The minimum Gasteiger partial charge on any atom is -0.352 e. The van der Waals surface area contributed by atoms with Crippen molar-refractivity contribution in [3.05, 3.63) is 0 Å². The first-order chi connectivity index (χ1) is 7.63. The molecule has 0 heterocycles. The van der Waals surface area contributed by atoms with Crippen LogP contribution in [-0.2, 0) is 14.4 Å². The Hall–Kier alpha value is -2.10. The van der Waals surface area contributed by atoms with Gasteiger partial charge in [0, 0.05) is 6.04 Å². The highest BCUT2D eigenvalue weighted by molar-refractivity contribution is 6.35. The summed E-state index contributed by atoms with van der Waals surface area (Å²) in [6, 6.07) is 1.88. The Labute approximate surface area is 92.2 Å². The number of carbonyl (C=O) groups is 3. The van der Waals surface area contributed by atoms with E-state index in [0.717, 1.165) is 12.8 Å². The van der Waals surface area contributed by atoms with Crippen molar-refractivity contribution in [1.82, 2.24) is 16.0 Å². The van der Waals surface area contributed by atoms with E-state index in [9.17, 15) is 14.4 Å². The Morgan fingerprint density at radius 2 is 1.81 bits per heavy atom. The quantitative estimate of drug-likeness (QED) is 0.379. The number of hydrogen-bond donors (Lipinski definition) is 3. The molecule has 1 fully saturated rings. The van der Waals surface area contributed by atoms with Crippen LogP contribution in [0.15, 0.2) is 0 Å². The lowest BCUT2D eigenvalue weighted by Gasteiger charge is -2.04. The summed E-state index contributed by atoms with van der Waals surface area (Å²) in [5.41, 5.74) is 0. The van der Waals surface area contributed by atoms with Crippen LogP contribution in [-0.4, -0.2) is 36.9 Å². The number of hydrogen-bond acceptors (Lipinski definition) is 4. The van der Waals surface area contributed by atoms with Gasteiger partial charge in [0.15, 0.2) is 0 Å². The molecule has 1 aliphatic carbocycles. The van der Waals surface area contributed by atoms with Crippen molar-refractivity contribution in [3.8, 4) is 6.07 Å². The van der Waals surface area contributed by atoms with E-state index in [1.54, 1.807) is 6.07 Å². The van der Waals surface area contributed by atoms with Crippen molar-refractivity contribution in [2.45, 2.75) is 18.9 Å². The molecule has 1 saturated carbocycles.